The highest BCUT2D eigenvalue weighted by Crippen LogP contribution is 2.09. The Balaban J connectivity index is 2.28. The molecule has 0 fully saturated rings. The second kappa shape index (κ2) is 1.76. The van der Waals surface area contributed by atoms with Gasteiger partial charge in [0.15, 0.2) is 0 Å². The maximum absolute atomic E-state index is 4.13. The van der Waals surface area contributed by atoms with Gasteiger partial charge in [0, 0.05) is 24.9 Å². The SMILES string of the molecule is C1=NCCC2=C1NCN2. The van der Waals surface area contributed by atoms with Gasteiger partial charge in [0.05, 0.1) is 12.4 Å². The molecule has 0 aliphatic carbocycles. The minimum atomic E-state index is 0.872. The van der Waals surface area contributed by atoms with E-state index in [4.69, 9.17) is 0 Å². The lowest BCUT2D eigenvalue weighted by Crippen LogP contribution is -2.15. The molecule has 0 aromatic carbocycles. The Morgan fingerprint density at radius 3 is 3.33 bits per heavy atom. The van der Waals surface area contributed by atoms with E-state index in [0.717, 1.165) is 19.6 Å². The third-order valence-corrected chi connectivity index (χ3v) is 1.62. The molecule has 2 N–H and O–H groups in total. The van der Waals surface area contributed by atoms with Gasteiger partial charge in [-0.3, -0.25) is 4.99 Å². The lowest BCUT2D eigenvalue weighted by Gasteiger charge is -2.04. The third kappa shape index (κ3) is 0.686. The molecule has 3 heteroatoms. The average Bonchev–Trinajstić information content (AvgIpc) is 2.33. The zero-order valence-corrected chi connectivity index (χ0v) is 5.15. The Kier molecular flexibility index (Phi) is 0.946. The Morgan fingerprint density at radius 1 is 1.44 bits per heavy atom. The molecule has 0 radical (unpaired) electrons. The molecular formula is C6H9N3. The molecule has 0 bridgehead atoms. The van der Waals surface area contributed by atoms with E-state index in [1.165, 1.54) is 11.4 Å². The zero-order valence-electron chi connectivity index (χ0n) is 5.15. The molecule has 2 aliphatic heterocycles. The van der Waals surface area contributed by atoms with E-state index in [2.05, 4.69) is 15.6 Å². The fourth-order valence-corrected chi connectivity index (χ4v) is 1.13. The van der Waals surface area contributed by atoms with Crippen LogP contribution in [0.25, 0.3) is 0 Å². The van der Waals surface area contributed by atoms with Gasteiger partial charge in [0.25, 0.3) is 0 Å². The molecular weight excluding hydrogens is 114 g/mol. The van der Waals surface area contributed by atoms with Gasteiger partial charge >= 0.3 is 0 Å². The third-order valence-electron chi connectivity index (χ3n) is 1.62. The van der Waals surface area contributed by atoms with Gasteiger partial charge in [-0.15, -0.1) is 0 Å². The van der Waals surface area contributed by atoms with Crippen LogP contribution in [-0.2, 0) is 0 Å². The minimum Gasteiger partial charge on any atom is -0.370 e. The van der Waals surface area contributed by atoms with Crippen LogP contribution >= 0.6 is 0 Å². The smallest absolute Gasteiger partial charge is 0.0848 e. The Bertz CT molecular complexity index is 181. The summed E-state index contributed by atoms with van der Waals surface area (Å²) in [6, 6.07) is 0. The summed E-state index contributed by atoms with van der Waals surface area (Å²) < 4.78 is 0. The largest absolute Gasteiger partial charge is 0.370 e. The second-order valence-corrected chi connectivity index (χ2v) is 2.21. The first-order valence-corrected chi connectivity index (χ1v) is 3.17. The molecule has 0 saturated heterocycles. The monoisotopic (exact) mass is 123 g/mol. The molecule has 0 aromatic rings. The number of hydrogen-bond donors (Lipinski definition) is 2. The lowest BCUT2D eigenvalue weighted by atomic mass is 10.2. The normalized spacial score (nSPS) is 23.1. The van der Waals surface area contributed by atoms with Gasteiger partial charge in [0.1, 0.15) is 0 Å². The van der Waals surface area contributed by atoms with E-state index in [0.29, 0.717) is 0 Å². The Morgan fingerprint density at radius 2 is 2.44 bits per heavy atom. The van der Waals surface area contributed by atoms with Crippen LogP contribution in [-0.4, -0.2) is 19.4 Å². The van der Waals surface area contributed by atoms with E-state index < -0.39 is 0 Å². The minimum absolute atomic E-state index is 0.872. The standard InChI is InChI=1S/C6H9N3/c1-2-7-3-6-5(1)8-4-9-6/h3,8-9H,1-2,4H2. The highest BCUT2D eigenvalue weighted by atomic mass is 15.1. The van der Waals surface area contributed by atoms with Crippen molar-refractivity contribution < 1.29 is 0 Å². The van der Waals surface area contributed by atoms with Crippen molar-refractivity contribution in [2.45, 2.75) is 6.42 Å². The van der Waals surface area contributed by atoms with Crippen molar-refractivity contribution in [3.8, 4) is 0 Å². The molecule has 48 valence electrons. The van der Waals surface area contributed by atoms with Crippen molar-refractivity contribution in [3.05, 3.63) is 11.4 Å². The topological polar surface area (TPSA) is 36.4 Å². The predicted octanol–water partition coefficient (Wildman–Crippen LogP) is -0.177. The van der Waals surface area contributed by atoms with Gasteiger partial charge < -0.3 is 10.6 Å². The number of hydrogen-bond acceptors (Lipinski definition) is 3. The number of nitrogens with zero attached hydrogens (tertiary/aromatic N) is 1. The second-order valence-electron chi connectivity index (χ2n) is 2.21. The summed E-state index contributed by atoms with van der Waals surface area (Å²) in [5.41, 5.74) is 2.51. The van der Waals surface area contributed by atoms with Crippen molar-refractivity contribution in [2.75, 3.05) is 13.2 Å². The van der Waals surface area contributed by atoms with E-state index in [1.54, 1.807) is 0 Å². The first-order valence-electron chi connectivity index (χ1n) is 3.17. The summed E-state index contributed by atoms with van der Waals surface area (Å²) in [6.07, 6.45) is 2.97. The lowest BCUT2D eigenvalue weighted by molar-refractivity contribution is 0.779. The molecule has 0 amide bonds. The molecule has 0 saturated carbocycles. The molecule has 0 unspecified atom stereocenters. The van der Waals surface area contributed by atoms with Crippen molar-refractivity contribution in [3.63, 3.8) is 0 Å². The summed E-state index contributed by atoms with van der Waals surface area (Å²) in [4.78, 5) is 4.13. The summed E-state index contributed by atoms with van der Waals surface area (Å²) in [7, 11) is 0. The van der Waals surface area contributed by atoms with Crippen LogP contribution in [0.5, 0.6) is 0 Å². The van der Waals surface area contributed by atoms with Gasteiger partial charge in [0.2, 0.25) is 0 Å². The number of allylic oxidation sites excluding steroid dienone is 1. The zero-order chi connectivity index (χ0) is 6.10. The summed E-state index contributed by atoms with van der Waals surface area (Å²) in [5, 5.41) is 6.41. The fourth-order valence-electron chi connectivity index (χ4n) is 1.13. The van der Waals surface area contributed by atoms with Crippen molar-refractivity contribution in [1.29, 1.82) is 0 Å². The highest BCUT2D eigenvalue weighted by molar-refractivity contribution is 5.80. The summed E-state index contributed by atoms with van der Waals surface area (Å²) in [5.74, 6) is 0. The first-order chi connectivity index (χ1) is 4.47. The molecule has 0 aromatic heterocycles. The van der Waals surface area contributed by atoms with Crippen LogP contribution in [0.4, 0.5) is 0 Å². The number of nitrogens with one attached hydrogen (secondary N) is 2. The molecule has 9 heavy (non-hydrogen) atoms. The number of dihydropyridines is 1. The molecule has 2 heterocycles. The Labute approximate surface area is 53.9 Å². The van der Waals surface area contributed by atoms with Crippen LogP contribution in [0.1, 0.15) is 6.42 Å². The van der Waals surface area contributed by atoms with Crippen LogP contribution in [0, 0.1) is 0 Å². The number of rotatable bonds is 0. The van der Waals surface area contributed by atoms with Gasteiger partial charge in [-0.05, 0) is 0 Å². The van der Waals surface area contributed by atoms with Crippen LogP contribution in [0.3, 0.4) is 0 Å². The van der Waals surface area contributed by atoms with Gasteiger partial charge in [-0.2, -0.15) is 0 Å². The molecule has 0 atom stereocenters. The molecule has 2 aliphatic rings. The van der Waals surface area contributed by atoms with Crippen LogP contribution in [0.15, 0.2) is 16.4 Å². The van der Waals surface area contributed by atoms with E-state index in [1.807, 2.05) is 6.21 Å². The fraction of sp³-hybridized carbons (Fsp3) is 0.500. The maximum atomic E-state index is 4.13. The maximum Gasteiger partial charge on any atom is 0.0848 e. The number of aliphatic imine (C=N–C) groups is 1. The summed E-state index contributed by atoms with van der Waals surface area (Å²) >= 11 is 0. The van der Waals surface area contributed by atoms with Crippen molar-refractivity contribution in [1.82, 2.24) is 10.6 Å². The predicted molar refractivity (Wildman–Crippen MR) is 36.1 cm³/mol. The quantitative estimate of drug-likeness (QED) is 0.469. The van der Waals surface area contributed by atoms with E-state index in [9.17, 15) is 0 Å². The van der Waals surface area contributed by atoms with Gasteiger partial charge in [-0.25, -0.2) is 0 Å². The van der Waals surface area contributed by atoms with Gasteiger partial charge in [-0.1, -0.05) is 0 Å². The van der Waals surface area contributed by atoms with E-state index in [-0.39, 0.29) is 0 Å². The summed E-state index contributed by atoms with van der Waals surface area (Å²) in [6.45, 7) is 1.81. The first kappa shape index (κ1) is 4.85. The molecule has 0 spiro atoms. The van der Waals surface area contributed by atoms with E-state index >= 15 is 0 Å². The van der Waals surface area contributed by atoms with Crippen molar-refractivity contribution in [2.24, 2.45) is 4.99 Å². The molecule has 3 nitrogen and oxygen atoms in total. The highest BCUT2D eigenvalue weighted by Gasteiger charge is 2.12. The van der Waals surface area contributed by atoms with Crippen LogP contribution < -0.4 is 10.6 Å². The molecule has 2 rings (SSSR count). The van der Waals surface area contributed by atoms with Crippen LogP contribution in [0.2, 0.25) is 0 Å². The Hall–Kier alpha value is -0.990. The van der Waals surface area contributed by atoms with Crippen molar-refractivity contribution >= 4 is 6.21 Å². The average molecular weight is 123 g/mol.